The molecule has 1 aliphatic heterocycles. The number of fused-ring (bicyclic) bond motifs is 1. The van der Waals surface area contributed by atoms with Gasteiger partial charge in [-0.05, 0) is 54.1 Å². The lowest BCUT2D eigenvalue weighted by molar-refractivity contribution is 0.137. The van der Waals surface area contributed by atoms with E-state index >= 15 is 0 Å². The minimum absolute atomic E-state index is 0.0837. The molecule has 0 spiro atoms. The van der Waals surface area contributed by atoms with Crippen molar-refractivity contribution in [2.75, 3.05) is 5.32 Å². The van der Waals surface area contributed by atoms with Gasteiger partial charge in [0.25, 0.3) is 0 Å². The maximum Gasteiger partial charge on any atom is 0.128 e. The third kappa shape index (κ3) is 2.77. The second kappa shape index (κ2) is 5.28. The molecule has 3 rings (SSSR count). The number of nitrogens with one attached hydrogen (secondary N) is 1. The molecule has 0 saturated carbocycles. The summed E-state index contributed by atoms with van der Waals surface area (Å²) in [6.07, 6.45) is 0.985. The van der Waals surface area contributed by atoms with E-state index < -0.39 is 0 Å². The molecule has 2 nitrogen and oxygen atoms in total. The Hall–Kier alpha value is -1.23. The van der Waals surface area contributed by atoms with Crippen molar-refractivity contribution in [2.24, 2.45) is 0 Å². The Bertz CT molecular complexity index is 637. The molecular formula is C17H18INO. The lowest BCUT2D eigenvalue weighted by Gasteiger charge is -2.18. The first-order valence-electron chi connectivity index (χ1n) is 6.83. The van der Waals surface area contributed by atoms with Crippen LogP contribution in [0.25, 0.3) is 0 Å². The lowest BCUT2D eigenvalue weighted by Crippen LogP contribution is -2.25. The molecule has 0 amide bonds. The topological polar surface area (TPSA) is 21.3 Å². The summed E-state index contributed by atoms with van der Waals surface area (Å²) < 4.78 is 7.34. The molecule has 0 fully saturated rings. The first-order valence-corrected chi connectivity index (χ1v) is 7.91. The number of hydrogen-bond acceptors (Lipinski definition) is 2. The molecular weight excluding hydrogens is 361 g/mol. The van der Waals surface area contributed by atoms with Crippen LogP contribution < -0.4 is 10.1 Å². The Labute approximate surface area is 133 Å². The van der Waals surface area contributed by atoms with Crippen molar-refractivity contribution in [3.05, 3.63) is 57.2 Å². The minimum atomic E-state index is -0.0837. The number of para-hydroxylation sites is 2. The fourth-order valence-electron chi connectivity index (χ4n) is 2.61. The fraction of sp³-hybridized carbons (Fsp3) is 0.294. The number of halogens is 1. The van der Waals surface area contributed by atoms with Crippen molar-refractivity contribution in [3.8, 4) is 5.75 Å². The van der Waals surface area contributed by atoms with E-state index in [1.807, 2.05) is 0 Å². The number of anilines is 1. The van der Waals surface area contributed by atoms with Gasteiger partial charge in [-0.15, -0.1) is 0 Å². The maximum absolute atomic E-state index is 6.10. The minimum Gasteiger partial charge on any atom is -0.487 e. The predicted molar refractivity (Wildman–Crippen MR) is 91.3 cm³/mol. The van der Waals surface area contributed by atoms with Crippen molar-refractivity contribution >= 4 is 28.3 Å². The van der Waals surface area contributed by atoms with Gasteiger partial charge in [0.1, 0.15) is 11.4 Å². The van der Waals surface area contributed by atoms with Gasteiger partial charge in [0.2, 0.25) is 0 Å². The molecule has 104 valence electrons. The zero-order valence-corrected chi connectivity index (χ0v) is 13.9. The highest BCUT2D eigenvalue weighted by molar-refractivity contribution is 14.1. The molecule has 0 aliphatic carbocycles. The Morgan fingerprint density at radius 2 is 1.95 bits per heavy atom. The summed E-state index contributed by atoms with van der Waals surface area (Å²) in [6, 6.07) is 14.8. The van der Waals surface area contributed by atoms with E-state index in [9.17, 15) is 0 Å². The van der Waals surface area contributed by atoms with Crippen LogP contribution in [0.4, 0.5) is 5.69 Å². The number of benzene rings is 2. The quantitative estimate of drug-likeness (QED) is 0.786. The van der Waals surface area contributed by atoms with Gasteiger partial charge >= 0.3 is 0 Å². The summed E-state index contributed by atoms with van der Waals surface area (Å²) in [5.41, 5.74) is 3.63. The molecule has 0 atom stereocenters. The van der Waals surface area contributed by atoms with Gasteiger partial charge < -0.3 is 10.1 Å². The van der Waals surface area contributed by atoms with Crippen LogP contribution in [-0.2, 0) is 13.0 Å². The second-order valence-electron chi connectivity index (χ2n) is 5.78. The van der Waals surface area contributed by atoms with E-state index in [0.29, 0.717) is 0 Å². The Balaban J connectivity index is 1.80. The zero-order chi connectivity index (χ0) is 14.2. The molecule has 1 aliphatic rings. The van der Waals surface area contributed by atoms with Crippen molar-refractivity contribution in [1.29, 1.82) is 0 Å². The predicted octanol–water partition coefficient (Wildman–Crippen LogP) is 4.62. The van der Waals surface area contributed by atoms with Crippen LogP contribution in [-0.4, -0.2) is 5.60 Å². The molecule has 0 unspecified atom stereocenters. The third-order valence-corrected chi connectivity index (χ3v) is 4.46. The van der Waals surface area contributed by atoms with Gasteiger partial charge in [0.05, 0.1) is 0 Å². The average Bonchev–Trinajstić information content (AvgIpc) is 2.72. The number of hydrogen-bond donors (Lipinski definition) is 1. The standard InChI is InChI=1S/C17H18INO/c1-17(2)10-12-6-5-7-13(16(12)20-17)11-19-15-9-4-3-8-14(15)18/h3-9,19H,10-11H2,1-2H3. The second-order valence-corrected chi connectivity index (χ2v) is 6.94. The number of ether oxygens (including phenoxy) is 1. The van der Waals surface area contributed by atoms with E-state index in [4.69, 9.17) is 4.74 Å². The first-order chi connectivity index (χ1) is 9.55. The van der Waals surface area contributed by atoms with Crippen molar-refractivity contribution in [3.63, 3.8) is 0 Å². The molecule has 0 radical (unpaired) electrons. The van der Waals surface area contributed by atoms with Gasteiger partial charge in [-0.1, -0.05) is 30.3 Å². The molecule has 20 heavy (non-hydrogen) atoms. The van der Waals surface area contributed by atoms with E-state index in [1.165, 1.54) is 20.4 Å². The van der Waals surface area contributed by atoms with E-state index in [-0.39, 0.29) is 5.60 Å². The van der Waals surface area contributed by atoms with E-state index in [0.717, 1.165) is 18.7 Å². The van der Waals surface area contributed by atoms with Gasteiger partial charge in [0, 0.05) is 27.8 Å². The van der Waals surface area contributed by atoms with Gasteiger partial charge in [0.15, 0.2) is 0 Å². The highest BCUT2D eigenvalue weighted by Gasteiger charge is 2.31. The van der Waals surface area contributed by atoms with Crippen LogP contribution in [0, 0.1) is 3.57 Å². The van der Waals surface area contributed by atoms with Crippen molar-refractivity contribution < 1.29 is 4.74 Å². The zero-order valence-electron chi connectivity index (χ0n) is 11.7. The van der Waals surface area contributed by atoms with Crippen LogP contribution in [0.2, 0.25) is 0 Å². The summed E-state index contributed by atoms with van der Waals surface area (Å²) >= 11 is 2.35. The Morgan fingerprint density at radius 1 is 1.15 bits per heavy atom. The van der Waals surface area contributed by atoms with Crippen LogP contribution in [0.15, 0.2) is 42.5 Å². The summed E-state index contributed by atoms with van der Waals surface area (Å²) in [6.45, 7) is 5.08. The van der Waals surface area contributed by atoms with Crippen molar-refractivity contribution in [1.82, 2.24) is 0 Å². The van der Waals surface area contributed by atoms with Crippen molar-refractivity contribution in [2.45, 2.75) is 32.4 Å². The molecule has 0 bridgehead atoms. The summed E-state index contributed by atoms with van der Waals surface area (Å²) in [5.74, 6) is 1.07. The Morgan fingerprint density at radius 3 is 2.75 bits per heavy atom. The largest absolute Gasteiger partial charge is 0.487 e. The lowest BCUT2D eigenvalue weighted by atomic mass is 10.0. The summed E-state index contributed by atoms with van der Waals surface area (Å²) in [7, 11) is 0. The van der Waals surface area contributed by atoms with Crippen LogP contribution in [0.1, 0.15) is 25.0 Å². The Kier molecular flexibility index (Phi) is 3.63. The molecule has 1 N–H and O–H groups in total. The normalized spacial score (nSPS) is 15.6. The summed E-state index contributed by atoms with van der Waals surface area (Å²) in [4.78, 5) is 0. The monoisotopic (exact) mass is 379 g/mol. The van der Waals surface area contributed by atoms with Crippen LogP contribution in [0.3, 0.4) is 0 Å². The van der Waals surface area contributed by atoms with E-state index in [1.54, 1.807) is 0 Å². The number of rotatable bonds is 3. The third-order valence-electron chi connectivity index (χ3n) is 3.52. The summed E-state index contributed by atoms with van der Waals surface area (Å²) in [5, 5.41) is 3.50. The first kappa shape index (κ1) is 13.7. The van der Waals surface area contributed by atoms with Crippen LogP contribution >= 0.6 is 22.6 Å². The SMILES string of the molecule is CC1(C)Cc2cccc(CNc3ccccc3I)c2O1. The molecule has 3 heteroatoms. The maximum atomic E-state index is 6.10. The molecule has 2 aromatic rings. The van der Waals surface area contributed by atoms with E-state index in [2.05, 4.69) is 84.2 Å². The molecule has 0 saturated heterocycles. The van der Waals surface area contributed by atoms with Gasteiger partial charge in [-0.3, -0.25) is 0 Å². The smallest absolute Gasteiger partial charge is 0.128 e. The van der Waals surface area contributed by atoms with Gasteiger partial charge in [-0.25, -0.2) is 0 Å². The van der Waals surface area contributed by atoms with Crippen LogP contribution in [0.5, 0.6) is 5.75 Å². The molecule has 0 aromatic heterocycles. The highest BCUT2D eigenvalue weighted by atomic mass is 127. The fourth-order valence-corrected chi connectivity index (χ4v) is 3.19. The highest BCUT2D eigenvalue weighted by Crippen LogP contribution is 2.37. The molecule has 2 aromatic carbocycles. The average molecular weight is 379 g/mol. The van der Waals surface area contributed by atoms with Gasteiger partial charge in [-0.2, -0.15) is 0 Å². The molecule has 1 heterocycles.